The molecule has 4 heterocycles. The zero-order valence-corrected chi connectivity index (χ0v) is 22.9. The predicted molar refractivity (Wildman–Crippen MR) is 153 cm³/mol. The maximum atomic E-state index is 13.7. The van der Waals surface area contributed by atoms with Crippen LogP contribution in [0.4, 0.5) is 5.13 Å². The van der Waals surface area contributed by atoms with Gasteiger partial charge in [0, 0.05) is 6.20 Å². The number of benzene rings is 2. The van der Waals surface area contributed by atoms with Crippen molar-refractivity contribution in [2.24, 2.45) is 0 Å². The number of hydrogen-bond acceptors (Lipinski definition) is 8. The number of aryl methyl sites for hydroxylation is 1. The van der Waals surface area contributed by atoms with Crippen molar-refractivity contribution in [1.82, 2.24) is 14.4 Å². The predicted octanol–water partition coefficient (Wildman–Crippen LogP) is 5.68. The van der Waals surface area contributed by atoms with E-state index in [0.717, 1.165) is 11.1 Å². The van der Waals surface area contributed by atoms with E-state index in [2.05, 4.69) is 9.97 Å². The van der Waals surface area contributed by atoms with E-state index in [4.69, 9.17) is 9.47 Å². The SMILES string of the molecule is CCCOc1cccc(C2C(=C(O)c3c(C)nc4ccccn34)C(=O)C(=O)N2c2nc3ccc(OC)cc3s2)c1. The van der Waals surface area contributed by atoms with E-state index in [1.165, 1.54) is 16.2 Å². The molecule has 0 saturated carbocycles. The lowest BCUT2D eigenvalue weighted by Crippen LogP contribution is -2.29. The molecule has 1 aliphatic rings. The molecule has 6 rings (SSSR count). The summed E-state index contributed by atoms with van der Waals surface area (Å²) in [5, 5.41) is 12.1. The standard InChI is InChI=1S/C30H26N4O5S/c1-4-14-39-20-9-7-8-18(15-20)26-24(27(35)25-17(2)31-23-10-5-6-13-33(23)25)28(36)29(37)34(26)30-32-21-12-11-19(38-3)16-22(21)40-30/h5-13,15-16,26,35H,4,14H2,1-3H3. The molecule has 1 unspecified atom stereocenters. The molecule has 1 fully saturated rings. The molecule has 0 spiro atoms. The summed E-state index contributed by atoms with van der Waals surface area (Å²) in [6, 6.07) is 17.2. The molecule has 9 nitrogen and oxygen atoms in total. The number of imidazole rings is 1. The highest BCUT2D eigenvalue weighted by Gasteiger charge is 2.48. The second-order valence-electron chi connectivity index (χ2n) is 9.39. The third-order valence-corrected chi connectivity index (χ3v) is 7.83. The lowest BCUT2D eigenvalue weighted by Gasteiger charge is -2.23. The molecule has 1 saturated heterocycles. The van der Waals surface area contributed by atoms with Crippen LogP contribution in [0, 0.1) is 6.92 Å². The van der Waals surface area contributed by atoms with Crippen LogP contribution < -0.4 is 14.4 Å². The van der Waals surface area contributed by atoms with Gasteiger partial charge < -0.3 is 14.6 Å². The summed E-state index contributed by atoms with van der Waals surface area (Å²) in [6.07, 6.45) is 2.58. The first kappa shape index (κ1) is 25.6. The number of ether oxygens (including phenoxy) is 2. The molecule has 0 bridgehead atoms. The van der Waals surface area contributed by atoms with Crippen molar-refractivity contribution in [2.75, 3.05) is 18.6 Å². The lowest BCUT2D eigenvalue weighted by atomic mass is 9.96. The molecular weight excluding hydrogens is 528 g/mol. The Kier molecular flexibility index (Phi) is 6.47. The molecule has 1 N–H and O–H groups in total. The van der Waals surface area contributed by atoms with Crippen LogP contribution in [-0.2, 0) is 9.59 Å². The maximum absolute atomic E-state index is 13.7. The van der Waals surface area contributed by atoms with Gasteiger partial charge in [0.25, 0.3) is 5.78 Å². The molecule has 2 aromatic carbocycles. The Balaban J connectivity index is 1.58. The first-order valence-electron chi connectivity index (χ1n) is 12.8. The molecule has 1 amide bonds. The van der Waals surface area contributed by atoms with Crippen LogP contribution in [0.2, 0.25) is 0 Å². The van der Waals surface area contributed by atoms with Crippen LogP contribution in [0.15, 0.2) is 72.4 Å². The van der Waals surface area contributed by atoms with Gasteiger partial charge in [-0.05, 0) is 61.4 Å². The number of nitrogens with zero attached hydrogens (tertiary/aromatic N) is 4. The highest BCUT2D eigenvalue weighted by atomic mass is 32.1. The van der Waals surface area contributed by atoms with Crippen molar-refractivity contribution in [3.05, 3.63) is 89.4 Å². The monoisotopic (exact) mass is 554 g/mol. The summed E-state index contributed by atoms with van der Waals surface area (Å²) in [5.74, 6) is -0.617. The Morgan fingerprint density at radius 1 is 1.05 bits per heavy atom. The van der Waals surface area contributed by atoms with E-state index in [1.807, 2.05) is 49.4 Å². The van der Waals surface area contributed by atoms with Crippen molar-refractivity contribution in [2.45, 2.75) is 26.3 Å². The minimum Gasteiger partial charge on any atom is -0.505 e. The van der Waals surface area contributed by atoms with E-state index in [-0.39, 0.29) is 11.3 Å². The summed E-state index contributed by atoms with van der Waals surface area (Å²) in [6.45, 7) is 4.29. The van der Waals surface area contributed by atoms with Crippen molar-refractivity contribution >= 4 is 49.8 Å². The Labute approximate surface area is 233 Å². The Morgan fingerprint density at radius 2 is 1.90 bits per heavy atom. The minimum absolute atomic E-state index is 0.0387. The van der Waals surface area contributed by atoms with Gasteiger partial charge in [-0.15, -0.1) is 0 Å². The van der Waals surface area contributed by atoms with E-state index >= 15 is 0 Å². The van der Waals surface area contributed by atoms with Gasteiger partial charge in [0.2, 0.25) is 0 Å². The summed E-state index contributed by atoms with van der Waals surface area (Å²) >= 11 is 1.27. The molecule has 1 atom stereocenters. The molecule has 5 aromatic rings. The fourth-order valence-corrected chi connectivity index (χ4v) is 6.01. The van der Waals surface area contributed by atoms with E-state index in [9.17, 15) is 14.7 Å². The number of aliphatic hydroxyl groups is 1. The van der Waals surface area contributed by atoms with Gasteiger partial charge in [-0.2, -0.15) is 0 Å². The Bertz CT molecular complexity index is 1820. The first-order valence-corrected chi connectivity index (χ1v) is 13.6. The van der Waals surface area contributed by atoms with Gasteiger partial charge in [-0.1, -0.05) is 36.5 Å². The van der Waals surface area contributed by atoms with Gasteiger partial charge in [0.1, 0.15) is 22.8 Å². The fourth-order valence-electron chi connectivity index (χ4n) is 4.99. The number of carbonyl (C=O) groups is 2. The van der Waals surface area contributed by atoms with Crippen LogP contribution in [-0.4, -0.2) is 44.9 Å². The number of carbonyl (C=O) groups excluding carboxylic acids is 2. The minimum atomic E-state index is -0.943. The molecule has 0 aliphatic carbocycles. The van der Waals surface area contributed by atoms with E-state index in [1.54, 1.807) is 42.8 Å². The number of aliphatic hydroxyl groups excluding tert-OH is 1. The highest BCUT2D eigenvalue weighted by Crippen LogP contribution is 2.45. The maximum Gasteiger partial charge on any atom is 0.301 e. The topological polar surface area (TPSA) is 106 Å². The lowest BCUT2D eigenvalue weighted by molar-refractivity contribution is -0.132. The van der Waals surface area contributed by atoms with Crippen molar-refractivity contribution in [3.8, 4) is 11.5 Å². The number of amides is 1. The fraction of sp³-hybridized carbons (Fsp3) is 0.200. The molecule has 10 heteroatoms. The third kappa shape index (κ3) is 4.17. The van der Waals surface area contributed by atoms with Crippen LogP contribution in [0.25, 0.3) is 21.6 Å². The number of pyridine rings is 1. The number of thiazole rings is 1. The molecular formula is C30H26N4O5S. The van der Waals surface area contributed by atoms with Gasteiger partial charge in [0.05, 0.1) is 41.2 Å². The second kappa shape index (κ2) is 10.1. The number of ketones is 1. The van der Waals surface area contributed by atoms with Crippen LogP contribution in [0.1, 0.15) is 36.3 Å². The molecule has 1 aliphatic heterocycles. The normalized spacial score (nSPS) is 16.8. The molecule has 202 valence electrons. The summed E-state index contributed by atoms with van der Waals surface area (Å²) in [4.78, 5) is 38.0. The summed E-state index contributed by atoms with van der Waals surface area (Å²) < 4.78 is 13.7. The van der Waals surface area contributed by atoms with Crippen LogP contribution >= 0.6 is 11.3 Å². The van der Waals surface area contributed by atoms with Crippen molar-refractivity contribution < 1.29 is 24.2 Å². The number of anilines is 1. The zero-order chi connectivity index (χ0) is 28.0. The smallest absolute Gasteiger partial charge is 0.301 e. The largest absolute Gasteiger partial charge is 0.505 e. The van der Waals surface area contributed by atoms with Crippen LogP contribution in [0.3, 0.4) is 0 Å². The number of fused-ring (bicyclic) bond motifs is 2. The van der Waals surface area contributed by atoms with Crippen molar-refractivity contribution in [1.29, 1.82) is 0 Å². The van der Waals surface area contributed by atoms with Gasteiger partial charge >= 0.3 is 5.91 Å². The van der Waals surface area contributed by atoms with Gasteiger partial charge in [-0.3, -0.25) is 18.9 Å². The van der Waals surface area contributed by atoms with Gasteiger partial charge in [0.15, 0.2) is 10.9 Å². The molecule has 40 heavy (non-hydrogen) atoms. The Hall–Kier alpha value is -4.70. The van der Waals surface area contributed by atoms with Crippen molar-refractivity contribution in [3.63, 3.8) is 0 Å². The van der Waals surface area contributed by atoms with E-state index < -0.39 is 17.7 Å². The van der Waals surface area contributed by atoms with E-state index in [0.29, 0.717) is 51.4 Å². The average Bonchev–Trinajstić information content (AvgIpc) is 3.61. The summed E-state index contributed by atoms with van der Waals surface area (Å²) in [7, 11) is 1.58. The number of aromatic nitrogens is 3. The number of Topliss-reactive ketones (excluding diaryl/α,β-unsaturated/α-hetero) is 1. The second-order valence-corrected chi connectivity index (χ2v) is 10.4. The quantitative estimate of drug-likeness (QED) is 0.157. The van der Waals surface area contributed by atoms with Gasteiger partial charge in [-0.25, -0.2) is 9.97 Å². The average molecular weight is 555 g/mol. The summed E-state index contributed by atoms with van der Waals surface area (Å²) in [5.41, 5.74) is 2.73. The third-order valence-electron chi connectivity index (χ3n) is 6.81. The molecule has 3 aromatic heterocycles. The first-order chi connectivity index (χ1) is 19.4. The number of hydrogen-bond donors (Lipinski definition) is 1. The number of methoxy groups -OCH3 is 1. The Morgan fingerprint density at radius 3 is 2.70 bits per heavy atom. The number of rotatable bonds is 7. The molecule has 0 radical (unpaired) electrons. The van der Waals surface area contributed by atoms with Crippen LogP contribution in [0.5, 0.6) is 11.5 Å². The highest BCUT2D eigenvalue weighted by molar-refractivity contribution is 7.22. The zero-order valence-electron chi connectivity index (χ0n) is 22.1.